The molecule has 3 atom stereocenters. The highest BCUT2D eigenvalue weighted by Crippen LogP contribution is 2.37. The second kappa shape index (κ2) is 20.7. The zero-order chi connectivity index (χ0) is 35.9. The van der Waals surface area contributed by atoms with Crippen molar-refractivity contribution in [2.24, 2.45) is 5.92 Å². The maximum atomic E-state index is 9.94. The average molecular weight is 695 g/mol. The van der Waals surface area contributed by atoms with Gasteiger partial charge in [-0.3, -0.25) is 0 Å². The van der Waals surface area contributed by atoms with Gasteiger partial charge in [-0.15, -0.1) is 0 Å². The zero-order valence-corrected chi connectivity index (χ0v) is 32.8. The number of methoxy groups -OCH3 is 1. The van der Waals surface area contributed by atoms with Gasteiger partial charge in [-0.1, -0.05) is 0 Å². The lowest BCUT2D eigenvalue weighted by Crippen LogP contribution is -2.54. The van der Waals surface area contributed by atoms with Gasteiger partial charge < -0.3 is 43.7 Å². The monoisotopic (exact) mass is 695 g/mol. The molecule has 0 aromatic rings. The van der Waals surface area contributed by atoms with Crippen LogP contribution in [0, 0.1) is 5.92 Å². The van der Waals surface area contributed by atoms with Crippen LogP contribution in [0.5, 0.6) is 0 Å². The molecule has 282 valence electrons. The Balaban J connectivity index is 3.47. The topological polar surface area (TPSA) is 116 Å². The maximum Gasteiger partial charge on any atom is 0.113 e. The summed E-state index contributed by atoms with van der Waals surface area (Å²) in [6.07, 6.45) is 6.37. The van der Waals surface area contributed by atoms with Gasteiger partial charge in [0.05, 0.1) is 47.3 Å². The molecule has 0 amide bonds. The van der Waals surface area contributed by atoms with E-state index < -0.39 is 34.6 Å². The van der Waals surface area contributed by atoms with E-state index in [0.29, 0.717) is 50.1 Å². The van der Waals surface area contributed by atoms with Gasteiger partial charge in [0, 0.05) is 38.8 Å². The molecule has 0 saturated heterocycles. The molecule has 0 aromatic heterocycles. The van der Waals surface area contributed by atoms with E-state index >= 15 is 0 Å². The lowest BCUT2D eigenvalue weighted by molar-refractivity contribution is -0.247. The summed E-state index contributed by atoms with van der Waals surface area (Å²) < 4.78 is 38.9. The summed E-state index contributed by atoms with van der Waals surface area (Å²) in [6, 6.07) is 0. The van der Waals surface area contributed by atoms with Crippen molar-refractivity contribution in [1.82, 2.24) is 0 Å². The van der Waals surface area contributed by atoms with Crippen LogP contribution in [0.25, 0.3) is 0 Å². The Kier molecular flexibility index (Phi) is 19.9. The molecular formula is C37H74O9S. The van der Waals surface area contributed by atoms with E-state index in [-0.39, 0.29) is 38.1 Å². The third-order valence-corrected chi connectivity index (χ3v) is 9.91. The Morgan fingerprint density at radius 3 is 1.51 bits per heavy atom. The Bertz CT molecular complexity index is 825. The van der Waals surface area contributed by atoms with Crippen molar-refractivity contribution in [3.63, 3.8) is 0 Å². The van der Waals surface area contributed by atoms with Crippen molar-refractivity contribution in [3.05, 3.63) is 0 Å². The standard InChI is InChI=1S/C37H74O9S/c1-33(2,19-24-41-11)42-25-20-34(3,4)43-27-31(45-36(7,8)17-22-39)32(46-37(9,10)18-23-40)30(44-35(5,6)16-21-38)26-28-12-14-29(47)15-13-28/h28-32,38-40,47H,12-27H2,1-11H3. The highest BCUT2D eigenvalue weighted by Gasteiger charge is 2.43. The van der Waals surface area contributed by atoms with Crippen LogP contribution in [0.3, 0.4) is 0 Å². The van der Waals surface area contributed by atoms with Crippen LogP contribution in [0.15, 0.2) is 0 Å². The Morgan fingerprint density at radius 1 is 0.574 bits per heavy atom. The molecule has 3 unspecified atom stereocenters. The summed E-state index contributed by atoms with van der Waals surface area (Å²) in [5.74, 6) is 0.433. The van der Waals surface area contributed by atoms with Gasteiger partial charge in [-0.25, -0.2) is 0 Å². The predicted molar refractivity (Wildman–Crippen MR) is 192 cm³/mol. The number of hydrogen-bond acceptors (Lipinski definition) is 10. The van der Waals surface area contributed by atoms with Gasteiger partial charge in [-0.05, 0) is 139 Å². The summed E-state index contributed by atoms with van der Waals surface area (Å²) in [6.45, 7) is 21.6. The highest BCUT2D eigenvalue weighted by atomic mass is 32.1. The van der Waals surface area contributed by atoms with Crippen LogP contribution in [-0.2, 0) is 28.4 Å². The lowest BCUT2D eigenvalue weighted by atomic mass is 9.83. The van der Waals surface area contributed by atoms with E-state index in [1.54, 1.807) is 7.11 Å². The minimum Gasteiger partial charge on any atom is -0.396 e. The molecular weight excluding hydrogens is 620 g/mol. The van der Waals surface area contributed by atoms with Gasteiger partial charge in [0.25, 0.3) is 0 Å². The molecule has 1 aliphatic carbocycles. The molecule has 10 heteroatoms. The molecule has 1 fully saturated rings. The first kappa shape index (κ1) is 45.0. The van der Waals surface area contributed by atoms with Crippen molar-refractivity contribution in [2.45, 2.75) is 185 Å². The fourth-order valence-corrected chi connectivity index (χ4v) is 6.39. The largest absolute Gasteiger partial charge is 0.396 e. The van der Waals surface area contributed by atoms with Crippen LogP contribution < -0.4 is 0 Å². The van der Waals surface area contributed by atoms with E-state index in [1.165, 1.54) is 0 Å². The molecule has 1 saturated carbocycles. The summed E-state index contributed by atoms with van der Waals surface area (Å²) in [5.41, 5.74) is -2.78. The second-order valence-corrected chi connectivity index (χ2v) is 17.4. The van der Waals surface area contributed by atoms with Crippen molar-refractivity contribution >= 4 is 12.6 Å². The van der Waals surface area contributed by atoms with Crippen molar-refractivity contribution in [2.75, 3.05) is 46.8 Å². The summed E-state index contributed by atoms with van der Waals surface area (Å²) in [4.78, 5) is 0. The lowest BCUT2D eigenvalue weighted by Gasteiger charge is -2.45. The summed E-state index contributed by atoms with van der Waals surface area (Å²) >= 11 is 4.74. The minimum atomic E-state index is -0.676. The van der Waals surface area contributed by atoms with E-state index in [2.05, 4.69) is 27.7 Å². The number of rotatable bonds is 26. The van der Waals surface area contributed by atoms with E-state index in [4.69, 9.17) is 41.0 Å². The molecule has 3 N–H and O–H groups in total. The number of ether oxygens (including phenoxy) is 6. The highest BCUT2D eigenvalue weighted by molar-refractivity contribution is 7.80. The van der Waals surface area contributed by atoms with Crippen molar-refractivity contribution in [3.8, 4) is 0 Å². The van der Waals surface area contributed by atoms with Crippen molar-refractivity contribution in [1.29, 1.82) is 0 Å². The third-order valence-electron chi connectivity index (χ3n) is 9.40. The van der Waals surface area contributed by atoms with Crippen LogP contribution in [0.4, 0.5) is 0 Å². The fourth-order valence-electron chi connectivity index (χ4n) is 6.09. The first-order chi connectivity index (χ1) is 21.7. The average Bonchev–Trinajstić information content (AvgIpc) is 2.93. The molecule has 1 aliphatic rings. The molecule has 0 aliphatic heterocycles. The quantitative estimate of drug-likeness (QED) is 0.0752. The van der Waals surface area contributed by atoms with E-state index in [9.17, 15) is 15.3 Å². The Labute approximate surface area is 293 Å². The Hall–Kier alpha value is -0.0100. The first-order valence-electron chi connectivity index (χ1n) is 18.0. The van der Waals surface area contributed by atoms with Crippen LogP contribution in [0.1, 0.15) is 133 Å². The molecule has 0 bridgehead atoms. The van der Waals surface area contributed by atoms with Crippen molar-refractivity contribution < 1.29 is 43.7 Å². The van der Waals surface area contributed by atoms with Gasteiger partial charge in [-0.2, -0.15) is 12.6 Å². The molecule has 0 aromatic carbocycles. The molecule has 0 spiro atoms. The minimum absolute atomic E-state index is 0.0110. The molecule has 9 nitrogen and oxygen atoms in total. The first-order valence-corrected chi connectivity index (χ1v) is 18.5. The molecule has 0 radical (unpaired) electrons. The fraction of sp³-hybridized carbons (Fsp3) is 1.00. The molecule has 1 rings (SSSR count). The molecule has 47 heavy (non-hydrogen) atoms. The van der Waals surface area contributed by atoms with Gasteiger partial charge >= 0.3 is 0 Å². The van der Waals surface area contributed by atoms with Gasteiger partial charge in [0.1, 0.15) is 12.2 Å². The normalized spacial score (nSPS) is 20.7. The second-order valence-electron chi connectivity index (χ2n) is 16.7. The van der Waals surface area contributed by atoms with Gasteiger partial charge in [0.2, 0.25) is 0 Å². The number of aliphatic hydroxyl groups is 3. The molecule has 0 heterocycles. The van der Waals surface area contributed by atoms with Crippen LogP contribution in [0.2, 0.25) is 0 Å². The Morgan fingerprint density at radius 2 is 1.02 bits per heavy atom. The van der Waals surface area contributed by atoms with Crippen LogP contribution in [-0.4, -0.2) is 114 Å². The zero-order valence-electron chi connectivity index (χ0n) is 31.9. The van der Waals surface area contributed by atoms with Crippen LogP contribution >= 0.6 is 12.6 Å². The van der Waals surface area contributed by atoms with E-state index in [0.717, 1.165) is 38.5 Å². The number of hydrogen-bond donors (Lipinski definition) is 4. The smallest absolute Gasteiger partial charge is 0.113 e. The third kappa shape index (κ3) is 19.3. The SMILES string of the molecule is COCCC(C)(C)OCCC(C)(C)OCC(OC(C)(C)CCO)C(OC(C)(C)CCO)C(CC1CCC(S)CC1)OC(C)(C)CCO. The predicted octanol–water partition coefficient (Wildman–Crippen LogP) is 6.52. The van der Waals surface area contributed by atoms with Gasteiger partial charge in [0.15, 0.2) is 0 Å². The number of aliphatic hydroxyl groups excluding tert-OH is 3. The summed E-state index contributed by atoms with van der Waals surface area (Å²) in [7, 11) is 1.70. The summed E-state index contributed by atoms with van der Waals surface area (Å²) in [5, 5.41) is 30.1. The van der Waals surface area contributed by atoms with E-state index in [1.807, 2.05) is 41.5 Å². The number of thiol groups is 1. The maximum absolute atomic E-state index is 9.94.